The third-order valence-corrected chi connectivity index (χ3v) is 3.31. The molecule has 0 aromatic carbocycles. The van der Waals surface area contributed by atoms with Gasteiger partial charge in [-0.2, -0.15) is 0 Å². The minimum Gasteiger partial charge on any atom is -0.317 e. The summed E-state index contributed by atoms with van der Waals surface area (Å²) in [6, 6.07) is 2.20. The number of hydrogen-bond donors (Lipinski definition) is 1. The maximum Gasteiger partial charge on any atom is 0.00768 e. The molecule has 1 rings (SSSR count). The summed E-state index contributed by atoms with van der Waals surface area (Å²) in [5.41, 5.74) is 0. The van der Waals surface area contributed by atoms with E-state index in [1.54, 1.807) is 0 Å². The third kappa shape index (κ3) is 2.96. The summed E-state index contributed by atoms with van der Waals surface area (Å²) in [5.74, 6) is 0. The van der Waals surface area contributed by atoms with E-state index in [0.717, 1.165) is 12.1 Å². The second-order valence-electron chi connectivity index (χ2n) is 4.53. The molecular formula is C11H24N2. The topological polar surface area (TPSA) is 15.3 Å². The number of rotatable bonds is 2. The molecule has 1 unspecified atom stereocenters. The molecule has 1 aliphatic rings. The molecule has 1 aliphatic heterocycles. The van der Waals surface area contributed by atoms with Gasteiger partial charge in [0.1, 0.15) is 0 Å². The van der Waals surface area contributed by atoms with Crippen molar-refractivity contribution >= 4 is 0 Å². The first-order valence-corrected chi connectivity index (χ1v) is 5.58. The average Bonchev–Trinajstić information content (AvgIpc) is 2.27. The lowest BCUT2D eigenvalue weighted by atomic mass is 10.1. The molecule has 2 heteroatoms. The number of nitrogens with one attached hydrogen (secondary N) is 1. The molecule has 0 aromatic heterocycles. The summed E-state index contributed by atoms with van der Waals surface area (Å²) < 4.78 is 0. The van der Waals surface area contributed by atoms with Crippen LogP contribution in [-0.2, 0) is 0 Å². The van der Waals surface area contributed by atoms with Gasteiger partial charge in [-0.1, -0.05) is 0 Å². The van der Waals surface area contributed by atoms with Crippen molar-refractivity contribution in [2.45, 2.75) is 58.2 Å². The molecule has 1 heterocycles. The van der Waals surface area contributed by atoms with Crippen LogP contribution in [0.2, 0.25) is 0 Å². The molecular weight excluding hydrogens is 160 g/mol. The van der Waals surface area contributed by atoms with Gasteiger partial charge in [0.25, 0.3) is 0 Å². The van der Waals surface area contributed by atoms with Crippen LogP contribution in [0.4, 0.5) is 0 Å². The molecule has 78 valence electrons. The molecule has 1 N–H and O–H groups in total. The van der Waals surface area contributed by atoms with Gasteiger partial charge in [0.05, 0.1) is 0 Å². The number of nitrogens with zero attached hydrogens (tertiary/aromatic N) is 1. The van der Waals surface area contributed by atoms with Gasteiger partial charge < -0.3 is 5.32 Å². The van der Waals surface area contributed by atoms with Crippen molar-refractivity contribution in [3.8, 4) is 0 Å². The van der Waals surface area contributed by atoms with Gasteiger partial charge >= 0.3 is 0 Å². The van der Waals surface area contributed by atoms with E-state index in [0.29, 0.717) is 6.04 Å². The van der Waals surface area contributed by atoms with Gasteiger partial charge in [0.2, 0.25) is 0 Å². The fourth-order valence-electron chi connectivity index (χ4n) is 2.33. The van der Waals surface area contributed by atoms with E-state index in [4.69, 9.17) is 0 Å². The fourth-order valence-corrected chi connectivity index (χ4v) is 2.33. The molecule has 2 atom stereocenters. The first-order valence-electron chi connectivity index (χ1n) is 5.58. The zero-order valence-corrected chi connectivity index (χ0v) is 9.51. The van der Waals surface area contributed by atoms with Crippen LogP contribution in [0.1, 0.15) is 40.0 Å². The summed E-state index contributed by atoms with van der Waals surface area (Å²) in [7, 11) is 2.08. The number of likely N-dealkylation sites (tertiary alicyclic amines) is 1. The van der Waals surface area contributed by atoms with Crippen molar-refractivity contribution in [2.24, 2.45) is 0 Å². The highest BCUT2D eigenvalue weighted by Gasteiger charge is 2.22. The maximum atomic E-state index is 3.40. The highest BCUT2D eigenvalue weighted by molar-refractivity contribution is 4.80. The normalized spacial score (nSPS) is 32.1. The standard InChI is InChI=1S/C11H24N2/c1-9(2)13-8-7-11(12-4)6-5-10(13)3/h9-12H,5-8H2,1-4H3/t10-,11?/m1/s1. The maximum absolute atomic E-state index is 3.40. The molecule has 0 saturated carbocycles. The quantitative estimate of drug-likeness (QED) is 0.704. The predicted octanol–water partition coefficient (Wildman–Crippen LogP) is 1.86. The Kier molecular flexibility index (Phi) is 4.20. The van der Waals surface area contributed by atoms with Crippen LogP contribution < -0.4 is 5.32 Å². The summed E-state index contributed by atoms with van der Waals surface area (Å²) in [6.45, 7) is 8.22. The molecule has 0 aromatic rings. The first-order chi connectivity index (χ1) is 6.15. The van der Waals surface area contributed by atoms with Crippen molar-refractivity contribution in [3.05, 3.63) is 0 Å². The van der Waals surface area contributed by atoms with Gasteiger partial charge in [-0.25, -0.2) is 0 Å². The Morgan fingerprint density at radius 1 is 1.23 bits per heavy atom. The lowest BCUT2D eigenvalue weighted by molar-refractivity contribution is 0.168. The molecule has 2 nitrogen and oxygen atoms in total. The van der Waals surface area contributed by atoms with Crippen molar-refractivity contribution in [2.75, 3.05) is 13.6 Å². The Balaban J connectivity index is 2.49. The Hall–Kier alpha value is -0.0800. The lowest BCUT2D eigenvalue weighted by Gasteiger charge is -2.30. The van der Waals surface area contributed by atoms with Gasteiger partial charge in [-0.05, 0) is 47.1 Å². The Morgan fingerprint density at radius 2 is 1.92 bits per heavy atom. The second kappa shape index (κ2) is 4.97. The smallest absolute Gasteiger partial charge is 0.00768 e. The Bertz CT molecular complexity index is 145. The summed E-state index contributed by atoms with van der Waals surface area (Å²) in [4.78, 5) is 2.62. The molecule has 0 spiro atoms. The van der Waals surface area contributed by atoms with Crippen LogP contribution in [0.3, 0.4) is 0 Å². The van der Waals surface area contributed by atoms with Crippen molar-refractivity contribution < 1.29 is 0 Å². The van der Waals surface area contributed by atoms with Crippen molar-refractivity contribution in [3.63, 3.8) is 0 Å². The van der Waals surface area contributed by atoms with E-state index < -0.39 is 0 Å². The van der Waals surface area contributed by atoms with Gasteiger partial charge in [-0.3, -0.25) is 4.90 Å². The van der Waals surface area contributed by atoms with Gasteiger partial charge in [0.15, 0.2) is 0 Å². The molecule has 0 bridgehead atoms. The summed E-state index contributed by atoms with van der Waals surface area (Å²) in [6.07, 6.45) is 3.98. The molecule has 0 amide bonds. The van der Waals surface area contributed by atoms with Crippen LogP contribution in [0.5, 0.6) is 0 Å². The Morgan fingerprint density at radius 3 is 2.46 bits per heavy atom. The lowest BCUT2D eigenvalue weighted by Crippen LogP contribution is -2.38. The fraction of sp³-hybridized carbons (Fsp3) is 1.00. The van der Waals surface area contributed by atoms with Crippen molar-refractivity contribution in [1.29, 1.82) is 0 Å². The molecule has 0 radical (unpaired) electrons. The average molecular weight is 184 g/mol. The third-order valence-electron chi connectivity index (χ3n) is 3.31. The SMILES string of the molecule is CNC1CC[C@@H](C)N(C(C)C)CC1. The van der Waals surface area contributed by atoms with E-state index in [1.807, 2.05) is 0 Å². The second-order valence-corrected chi connectivity index (χ2v) is 4.53. The number of hydrogen-bond acceptors (Lipinski definition) is 2. The first kappa shape index (κ1) is 11.0. The van der Waals surface area contributed by atoms with E-state index >= 15 is 0 Å². The van der Waals surface area contributed by atoms with Crippen LogP contribution in [0, 0.1) is 0 Å². The summed E-state index contributed by atoms with van der Waals surface area (Å²) >= 11 is 0. The van der Waals surface area contributed by atoms with Crippen molar-refractivity contribution in [1.82, 2.24) is 10.2 Å². The van der Waals surface area contributed by atoms with Crippen LogP contribution in [-0.4, -0.2) is 36.6 Å². The van der Waals surface area contributed by atoms with E-state index in [2.05, 4.69) is 38.0 Å². The molecule has 1 saturated heterocycles. The van der Waals surface area contributed by atoms with Gasteiger partial charge in [-0.15, -0.1) is 0 Å². The minimum absolute atomic E-state index is 0.700. The van der Waals surface area contributed by atoms with Crippen LogP contribution in [0.15, 0.2) is 0 Å². The monoisotopic (exact) mass is 184 g/mol. The highest BCUT2D eigenvalue weighted by atomic mass is 15.2. The predicted molar refractivity (Wildman–Crippen MR) is 58.0 cm³/mol. The van der Waals surface area contributed by atoms with E-state index in [-0.39, 0.29) is 0 Å². The molecule has 1 fully saturated rings. The van der Waals surface area contributed by atoms with Crippen LogP contribution >= 0.6 is 0 Å². The highest BCUT2D eigenvalue weighted by Crippen LogP contribution is 2.18. The Labute approximate surface area is 82.7 Å². The zero-order valence-electron chi connectivity index (χ0n) is 9.51. The summed E-state index contributed by atoms with van der Waals surface area (Å²) in [5, 5.41) is 3.40. The van der Waals surface area contributed by atoms with Gasteiger partial charge in [0, 0.05) is 24.7 Å². The van der Waals surface area contributed by atoms with Crippen LogP contribution in [0.25, 0.3) is 0 Å². The van der Waals surface area contributed by atoms with E-state index in [9.17, 15) is 0 Å². The minimum atomic E-state index is 0.700. The van der Waals surface area contributed by atoms with E-state index in [1.165, 1.54) is 25.8 Å². The zero-order chi connectivity index (χ0) is 9.84. The molecule has 13 heavy (non-hydrogen) atoms. The largest absolute Gasteiger partial charge is 0.317 e. The molecule has 0 aliphatic carbocycles.